The third-order valence-electron chi connectivity index (χ3n) is 2.95. The van der Waals surface area contributed by atoms with Crippen LogP contribution in [-0.4, -0.2) is 33.9 Å². The van der Waals surface area contributed by atoms with Crippen molar-refractivity contribution in [2.75, 3.05) is 12.4 Å². The molecule has 1 aromatic carbocycles. The monoisotopic (exact) mass is 289 g/mol. The average Bonchev–Trinajstić information content (AvgIpc) is 2.77. The standard InChI is InChI=1S/C14H15N3O4/c1-8-10(7-17(2)16-8)13(18)15-11-6-9(14(19)20)4-5-12(11)21-3/h4-7H,1-3H3,(H,15,18)(H,19,20). The number of hydrogen-bond acceptors (Lipinski definition) is 4. The van der Waals surface area contributed by atoms with E-state index in [-0.39, 0.29) is 11.5 Å². The second-order valence-electron chi connectivity index (χ2n) is 4.48. The van der Waals surface area contributed by atoms with Crippen molar-refractivity contribution in [2.45, 2.75) is 6.92 Å². The second kappa shape index (κ2) is 5.66. The highest BCUT2D eigenvalue weighted by Gasteiger charge is 2.16. The number of rotatable bonds is 4. The Balaban J connectivity index is 2.33. The summed E-state index contributed by atoms with van der Waals surface area (Å²) in [7, 11) is 3.16. The lowest BCUT2D eigenvalue weighted by Crippen LogP contribution is -2.14. The number of carbonyl (C=O) groups is 2. The van der Waals surface area contributed by atoms with E-state index in [1.54, 1.807) is 20.2 Å². The van der Waals surface area contributed by atoms with E-state index in [2.05, 4.69) is 10.4 Å². The zero-order chi connectivity index (χ0) is 15.6. The molecule has 0 aliphatic carbocycles. The summed E-state index contributed by atoms with van der Waals surface area (Å²) in [5.41, 5.74) is 1.36. The van der Waals surface area contributed by atoms with Gasteiger partial charge in [0.25, 0.3) is 5.91 Å². The average molecular weight is 289 g/mol. The zero-order valence-corrected chi connectivity index (χ0v) is 11.9. The van der Waals surface area contributed by atoms with E-state index in [0.717, 1.165) is 0 Å². The number of carbonyl (C=O) groups excluding carboxylic acids is 1. The number of aromatic carboxylic acids is 1. The van der Waals surface area contributed by atoms with Crippen molar-refractivity contribution >= 4 is 17.6 Å². The molecule has 1 amide bonds. The van der Waals surface area contributed by atoms with Gasteiger partial charge in [-0.3, -0.25) is 9.48 Å². The number of aromatic nitrogens is 2. The molecule has 0 spiro atoms. The fraction of sp³-hybridized carbons (Fsp3) is 0.214. The molecule has 7 nitrogen and oxygen atoms in total. The van der Waals surface area contributed by atoms with Crippen molar-refractivity contribution in [1.82, 2.24) is 9.78 Å². The van der Waals surface area contributed by atoms with Crippen molar-refractivity contribution in [1.29, 1.82) is 0 Å². The number of nitrogens with zero attached hydrogens (tertiary/aromatic N) is 2. The van der Waals surface area contributed by atoms with Crippen LogP contribution in [0.4, 0.5) is 5.69 Å². The molecule has 0 radical (unpaired) electrons. The van der Waals surface area contributed by atoms with Crippen LogP contribution in [0.1, 0.15) is 26.4 Å². The normalized spacial score (nSPS) is 10.2. The fourth-order valence-electron chi connectivity index (χ4n) is 1.95. The maximum absolute atomic E-state index is 12.2. The largest absolute Gasteiger partial charge is 0.495 e. The Labute approximate surface area is 121 Å². The van der Waals surface area contributed by atoms with E-state index in [4.69, 9.17) is 9.84 Å². The van der Waals surface area contributed by atoms with Gasteiger partial charge in [-0.25, -0.2) is 4.79 Å². The molecule has 0 fully saturated rings. The Bertz CT molecular complexity index is 706. The zero-order valence-electron chi connectivity index (χ0n) is 11.9. The van der Waals surface area contributed by atoms with Gasteiger partial charge in [0.1, 0.15) is 5.75 Å². The molecule has 7 heteroatoms. The van der Waals surface area contributed by atoms with Crippen LogP contribution < -0.4 is 10.1 Å². The number of carboxylic acids is 1. The molecule has 0 atom stereocenters. The Kier molecular flexibility index (Phi) is 3.93. The summed E-state index contributed by atoms with van der Waals surface area (Å²) < 4.78 is 6.66. The number of aryl methyl sites for hydroxylation is 2. The van der Waals surface area contributed by atoms with E-state index in [0.29, 0.717) is 22.7 Å². The van der Waals surface area contributed by atoms with Crippen LogP contribution in [0.25, 0.3) is 0 Å². The number of hydrogen-bond donors (Lipinski definition) is 2. The minimum atomic E-state index is -1.08. The summed E-state index contributed by atoms with van der Waals surface area (Å²) in [4.78, 5) is 23.2. The van der Waals surface area contributed by atoms with Crippen molar-refractivity contribution in [3.63, 3.8) is 0 Å². The van der Waals surface area contributed by atoms with E-state index in [1.807, 2.05) is 0 Å². The van der Waals surface area contributed by atoms with Crippen LogP contribution >= 0.6 is 0 Å². The number of anilines is 1. The Morgan fingerprint density at radius 1 is 1.38 bits per heavy atom. The van der Waals surface area contributed by atoms with Gasteiger partial charge in [-0.15, -0.1) is 0 Å². The van der Waals surface area contributed by atoms with Crippen LogP contribution in [0.2, 0.25) is 0 Å². The number of methoxy groups -OCH3 is 1. The van der Waals surface area contributed by atoms with Crippen molar-refractivity contribution in [3.05, 3.63) is 41.2 Å². The molecule has 0 aliphatic heterocycles. The van der Waals surface area contributed by atoms with Gasteiger partial charge in [0.05, 0.1) is 29.6 Å². The highest BCUT2D eigenvalue weighted by atomic mass is 16.5. The van der Waals surface area contributed by atoms with E-state index >= 15 is 0 Å². The molecule has 0 unspecified atom stereocenters. The fourth-order valence-corrected chi connectivity index (χ4v) is 1.95. The summed E-state index contributed by atoms with van der Waals surface area (Å²) in [5, 5.41) is 15.7. The smallest absolute Gasteiger partial charge is 0.335 e. The highest BCUT2D eigenvalue weighted by Crippen LogP contribution is 2.26. The molecule has 0 bridgehead atoms. The number of benzene rings is 1. The number of carboxylic acid groups (broad SMARTS) is 1. The molecule has 2 aromatic rings. The van der Waals surface area contributed by atoms with E-state index in [1.165, 1.54) is 30.0 Å². The minimum Gasteiger partial charge on any atom is -0.495 e. The summed E-state index contributed by atoms with van der Waals surface area (Å²) >= 11 is 0. The van der Waals surface area contributed by atoms with Crippen LogP contribution in [0.5, 0.6) is 5.75 Å². The molecule has 1 aromatic heterocycles. The first-order valence-electron chi connectivity index (χ1n) is 6.15. The third kappa shape index (κ3) is 3.02. The first-order valence-corrected chi connectivity index (χ1v) is 6.15. The van der Waals surface area contributed by atoms with Crippen molar-refractivity contribution in [3.8, 4) is 5.75 Å². The summed E-state index contributed by atoms with van der Waals surface area (Å²) in [6.07, 6.45) is 1.60. The van der Waals surface area contributed by atoms with Gasteiger partial charge >= 0.3 is 5.97 Å². The predicted molar refractivity (Wildman–Crippen MR) is 75.9 cm³/mol. The van der Waals surface area contributed by atoms with Gasteiger partial charge in [-0.2, -0.15) is 5.10 Å². The molecule has 21 heavy (non-hydrogen) atoms. The molecule has 0 saturated carbocycles. The van der Waals surface area contributed by atoms with Gasteiger partial charge < -0.3 is 15.2 Å². The Hall–Kier alpha value is -2.83. The van der Waals surface area contributed by atoms with E-state index in [9.17, 15) is 9.59 Å². The molecule has 0 saturated heterocycles. The van der Waals surface area contributed by atoms with Gasteiger partial charge in [-0.05, 0) is 25.1 Å². The summed E-state index contributed by atoms with van der Waals surface area (Å²) in [5.74, 6) is -1.07. The molecule has 2 rings (SSSR count). The molecule has 0 aliphatic rings. The lowest BCUT2D eigenvalue weighted by atomic mass is 10.1. The highest BCUT2D eigenvalue weighted by molar-refractivity contribution is 6.06. The lowest BCUT2D eigenvalue weighted by Gasteiger charge is -2.10. The second-order valence-corrected chi connectivity index (χ2v) is 4.48. The first kappa shape index (κ1) is 14.6. The first-order chi connectivity index (χ1) is 9.92. The number of ether oxygens (including phenoxy) is 1. The maximum Gasteiger partial charge on any atom is 0.335 e. The summed E-state index contributed by atoms with van der Waals surface area (Å²) in [6.45, 7) is 1.72. The van der Waals surface area contributed by atoms with Crippen LogP contribution in [0.3, 0.4) is 0 Å². The van der Waals surface area contributed by atoms with Crippen LogP contribution in [0, 0.1) is 6.92 Å². The van der Waals surface area contributed by atoms with Crippen LogP contribution in [0.15, 0.2) is 24.4 Å². The van der Waals surface area contributed by atoms with Gasteiger partial charge in [0, 0.05) is 13.2 Å². The van der Waals surface area contributed by atoms with Crippen molar-refractivity contribution in [2.24, 2.45) is 7.05 Å². The van der Waals surface area contributed by atoms with Crippen molar-refractivity contribution < 1.29 is 19.4 Å². The van der Waals surface area contributed by atoms with Gasteiger partial charge in [0.15, 0.2) is 0 Å². The maximum atomic E-state index is 12.2. The molecular weight excluding hydrogens is 274 g/mol. The van der Waals surface area contributed by atoms with Gasteiger partial charge in [-0.1, -0.05) is 0 Å². The molecule has 110 valence electrons. The Morgan fingerprint density at radius 2 is 2.10 bits per heavy atom. The van der Waals surface area contributed by atoms with Crippen LogP contribution in [-0.2, 0) is 7.05 Å². The predicted octanol–water partition coefficient (Wildman–Crippen LogP) is 1.69. The topological polar surface area (TPSA) is 93.5 Å². The number of nitrogens with one attached hydrogen (secondary N) is 1. The minimum absolute atomic E-state index is 0.0639. The molecular formula is C14H15N3O4. The molecule has 1 heterocycles. The summed E-state index contributed by atoms with van der Waals surface area (Å²) in [6, 6.07) is 4.26. The quantitative estimate of drug-likeness (QED) is 0.893. The molecule has 2 N–H and O–H groups in total. The third-order valence-corrected chi connectivity index (χ3v) is 2.95. The van der Waals surface area contributed by atoms with Gasteiger partial charge in [0.2, 0.25) is 0 Å². The Morgan fingerprint density at radius 3 is 2.62 bits per heavy atom. The SMILES string of the molecule is COc1ccc(C(=O)O)cc1NC(=O)c1cn(C)nc1C. The number of amides is 1. The van der Waals surface area contributed by atoms with E-state index < -0.39 is 5.97 Å². The lowest BCUT2D eigenvalue weighted by molar-refractivity contribution is 0.0696.